The van der Waals surface area contributed by atoms with Crippen LogP contribution in [0.2, 0.25) is 5.02 Å². The highest BCUT2D eigenvalue weighted by molar-refractivity contribution is 6.32. The molecule has 1 saturated heterocycles. The first-order valence-electron chi connectivity index (χ1n) is 5.85. The van der Waals surface area contributed by atoms with E-state index in [1.54, 1.807) is 6.07 Å². The first kappa shape index (κ1) is 11.7. The van der Waals surface area contributed by atoms with E-state index in [4.69, 9.17) is 11.6 Å². The van der Waals surface area contributed by atoms with Crippen molar-refractivity contribution in [3.8, 4) is 5.75 Å². The van der Waals surface area contributed by atoms with Crippen LogP contribution in [0.3, 0.4) is 0 Å². The molecule has 0 bridgehead atoms. The molecule has 2 rings (SSSR count). The Balaban J connectivity index is 2.11. The largest absolute Gasteiger partial charge is 0.506 e. The summed E-state index contributed by atoms with van der Waals surface area (Å²) in [7, 11) is 0. The predicted molar refractivity (Wildman–Crippen MR) is 67.2 cm³/mol. The lowest BCUT2D eigenvalue weighted by molar-refractivity contribution is 0.372. The van der Waals surface area contributed by atoms with Crippen molar-refractivity contribution in [3.63, 3.8) is 0 Å². The van der Waals surface area contributed by atoms with Gasteiger partial charge in [-0.25, -0.2) is 0 Å². The minimum Gasteiger partial charge on any atom is -0.506 e. The number of phenols is 1. The summed E-state index contributed by atoms with van der Waals surface area (Å²) in [6.45, 7) is 4.28. The Bertz CT molecular complexity index is 372. The van der Waals surface area contributed by atoms with Crippen molar-refractivity contribution < 1.29 is 5.11 Å². The van der Waals surface area contributed by atoms with Crippen molar-refractivity contribution in [2.75, 3.05) is 13.1 Å². The van der Waals surface area contributed by atoms with Crippen LogP contribution in [0.15, 0.2) is 12.1 Å². The highest BCUT2D eigenvalue weighted by atomic mass is 35.5. The van der Waals surface area contributed by atoms with Crippen molar-refractivity contribution in [2.24, 2.45) is 5.92 Å². The molecule has 1 aromatic rings. The lowest BCUT2D eigenvalue weighted by atomic mass is 9.89. The molecule has 1 fully saturated rings. The van der Waals surface area contributed by atoms with Crippen LogP contribution in [-0.2, 0) is 6.42 Å². The first-order chi connectivity index (χ1) is 7.66. The maximum Gasteiger partial charge on any atom is 0.134 e. The molecule has 16 heavy (non-hydrogen) atoms. The Morgan fingerprint density at radius 2 is 2.06 bits per heavy atom. The number of phenolic OH excluding ortho intramolecular Hbond substituents is 1. The quantitative estimate of drug-likeness (QED) is 0.832. The van der Waals surface area contributed by atoms with Crippen LogP contribution in [0.5, 0.6) is 5.75 Å². The summed E-state index contributed by atoms with van der Waals surface area (Å²) in [5.74, 6) is 0.939. The normalized spacial score (nSPS) is 17.6. The predicted octanol–water partition coefficient (Wildman–Crippen LogP) is 2.90. The summed E-state index contributed by atoms with van der Waals surface area (Å²) >= 11 is 5.94. The van der Waals surface area contributed by atoms with E-state index in [0.717, 1.165) is 31.0 Å². The van der Waals surface area contributed by atoms with Gasteiger partial charge in [0.05, 0.1) is 5.02 Å². The maximum absolute atomic E-state index is 9.49. The van der Waals surface area contributed by atoms with E-state index in [9.17, 15) is 5.11 Å². The molecule has 1 aliphatic rings. The van der Waals surface area contributed by atoms with E-state index < -0.39 is 0 Å². The monoisotopic (exact) mass is 239 g/mol. The minimum absolute atomic E-state index is 0.188. The average Bonchev–Trinajstić information content (AvgIpc) is 2.27. The molecule has 1 heterocycles. The molecular weight excluding hydrogens is 222 g/mol. The summed E-state index contributed by atoms with van der Waals surface area (Å²) in [4.78, 5) is 0. The van der Waals surface area contributed by atoms with E-state index in [2.05, 4.69) is 5.32 Å². The second-order valence-corrected chi connectivity index (χ2v) is 5.03. The third-order valence-electron chi connectivity index (χ3n) is 3.37. The van der Waals surface area contributed by atoms with Gasteiger partial charge in [-0.05, 0) is 68.5 Å². The van der Waals surface area contributed by atoms with Crippen LogP contribution in [0.25, 0.3) is 0 Å². The number of halogens is 1. The molecule has 2 N–H and O–H groups in total. The van der Waals surface area contributed by atoms with Gasteiger partial charge in [0, 0.05) is 0 Å². The SMILES string of the molecule is Cc1cc(O)c(Cl)cc1CC1CCNCC1. The van der Waals surface area contributed by atoms with Gasteiger partial charge in [0.25, 0.3) is 0 Å². The number of aromatic hydroxyl groups is 1. The summed E-state index contributed by atoms with van der Waals surface area (Å²) in [5.41, 5.74) is 2.41. The van der Waals surface area contributed by atoms with Crippen molar-refractivity contribution in [2.45, 2.75) is 26.2 Å². The van der Waals surface area contributed by atoms with Gasteiger partial charge >= 0.3 is 0 Å². The third kappa shape index (κ3) is 2.69. The van der Waals surface area contributed by atoms with E-state index in [1.165, 1.54) is 18.4 Å². The molecule has 0 aromatic heterocycles. The number of benzene rings is 1. The fourth-order valence-electron chi connectivity index (χ4n) is 2.32. The number of rotatable bonds is 2. The standard InChI is InChI=1S/C13H18ClNO/c1-9-6-13(16)12(14)8-11(9)7-10-2-4-15-5-3-10/h6,8,10,15-16H,2-5,7H2,1H3. The molecular formula is C13H18ClNO. The minimum atomic E-state index is 0.188. The first-order valence-corrected chi connectivity index (χ1v) is 6.23. The second kappa shape index (κ2) is 5.07. The van der Waals surface area contributed by atoms with E-state index >= 15 is 0 Å². The van der Waals surface area contributed by atoms with Gasteiger partial charge in [-0.1, -0.05) is 11.6 Å². The van der Waals surface area contributed by atoms with Gasteiger partial charge in [-0.15, -0.1) is 0 Å². The molecule has 88 valence electrons. The Kier molecular flexibility index (Phi) is 3.72. The number of nitrogens with one attached hydrogen (secondary N) is 1. The number of aryl methyl sites for hydroxylation is 1. The topological polar surface area (TPSA) is 32.3 Å². The molecule has 0 unspecified atom stereocenters. The average molecular weight is 240 g/mol. The molecule has 0 aliphatic carbocycles. The molecule has 0 atom stereocenters. The fourth-order valence-corrected chi connectivity index (χ4v) is 2.51. The van der Waals surface area contributed by atoms with E-state index in [1.807, 2.05) is 13.0 Å². The van der Waals surface area contributed by atoms with Crippen LogP contribution in [0.4, 0.5) is 0 Å². The van der Waals surface area contributed by atoms with Crippen LogP contribution in [-0.4, -0.2) is 18.2 Å². The number of hydrogen-bond donors (Lipinski definition) is 2. The van der Waals surface area contributed by atoms with Gasteiger partial charge in [-0.3, -0.25) is 0 Å². The number of piperidine rings is 1. The van der Waals surface area contributed by atoms with Crippen LogP contribution < -0.4 is 5.32 Å². The summed E-state index contributed by atoms with van der Waals surface area (Å²) in [5, 5.41) is 13.3. The number of hydrogen-bond acceptors (Lipinski definition) is 2. The van der Waals surface area contributed by atoms with Crippen molar-refractivity contribution >= 4 is 11.6 Å². The van der Waals surface area contributed by atoms with Crippen molar-refractivity contribution in [1.29, 1.82) is 0 Å². The van der Waals surface area contributed by atoms with Gasteiger partial charge in [0.2, 0.25) is 0 Å². The summed E-state index contributed by atoms with van der Waals surface area (Å²) < 4.78 is 0. The zero-order valence-electron chi connectivity index (χ0n) is 9.59. The zero-order valence-corrected chi connectivity index (χ0v) is 10.3. The molecule has 0 radical (unpaired) electrons. The fraction of sp³-hybridized carbons (Fsp3) is 0.538. The van der Waals surface area contributed by atoms with Crippen LogP contribution in [0.1, 0.15) is 24.0 Å². The third-order valence-corrected chi connectivity index (χ3v) is 3.68. The van der Waals surface area contributed by atoms with Gasteiger partial charge in [-0.2, -0.15) is 0 Å². The lowest BCUT2D eigenvalue weighted by Gasteiger charge is -2.23. The van der Waals surface area contributed by atoms with Crippen molar-refractivity contribution in [3.05, 3.63) is 28.3 Å². The highest BCUT2D eigenvalue weighted by Gasteiger charge is 2.15. The molecule has 0 amide bonds. The molecule has 0 spiro atoms. The van der Waals surface area contributed by atoms with Crippen molar-refractivity contribution in [1.82, 2.24) is 5.32 Å². The molecule has 0 saturated carbocycles. The molecule has 1 aromatic carbocycles. The molecule has 3 heteroatoms. The van der Waals surface area contributed by atoms with Gasteiger partial charge in [0.1, 0.15) is 5.75 Å². The van der Waals surface area contributed by atoms with E-state index in [-0.39, 0.29) is 5.75 Å². The Labute approximate surface area is 102 Å². The van der Waals surface area contributed by atoms with Gasteiger partial charge < -0.3 is 10.4 Å². The smallest absolute Gasteiger partial charge is 0.134 e. The highest BCUT2D eigenvalue weighted by Crippen LogP contribution is 2.29. The second-order valence-electron chi connectivity index (χ2n) is 4.63. The van der Waals surface area contributed by atoms with Crippen LogP contribution in [0, 0.1) is 12.8 Å². The summed E-state index contributed by atoms with van der Waals surface area (Å²) in [6.07, 6.45) is 3.55. The van der Waals surface area contributed by atoms with E-state index in [0.29, 0.717) is 5.02 Å². The lowest BCUT2D eigenvalue weighted by Crippen LogP contribution is -2.28. The Hall–Kier alpha value is -0.730. The zero-order chi connectivity index (χ0) is 11.5. The van der Waals surface area contributed by atoms with Gasteiger partial charge in [0.15, 0.2) is 0 Å². The van der Waals surface area contributed by atoms with Crippen LogP contribution >= 0.6 is 11.6 Å². The Morgan fingerprint density at radius 3 is 2.75 bits per heavy atom. The summed E-state index contributed by atoms with van der Waals surface area (Å²) in [6, 6.07) is 3.67. The maximum atomic E-state index is 9.49. The Morgan fingerprint density at radius 1 is 1.38 bits per heavy atom. The molecule has 1 aliphatic heterocycles. The molecule has 2 nitrogen and oxygen atoms in total.